The summed E-state index contributed by atoms with van der Waals surface area (Å²) in [6, 6.07) is 3.29. The highest BCUT2D eigenvalue weighted by Gasteiger charge is 2.31. The highest BCUT2D eigenvalue weighted by molar-refractivity contribution is 5.33. The van der Waals surface area contributed by atoms with Gasteiger partial charge in [-0.3, -0.25) is 0 Å². The Morgan fingerprint density at radius 1 is 1.23 bits per heavy atom. The lowest BCUT2D eigenvalue weighted by Crippen LogP contribution is -2.17. The molecule has 0 fully saturated rings. The Bertz CT molecular complexity index is 306. The molecule has 13 heavy (non-hydrogen) atoms. The molecule has 1 rings (SSSR count). The standard InChI is InChI=1S/C8H6F4O/c1-5-6(9)3-2-4-7(5)13-8(10,11)12/h2-4H,1H3. The molecule has 0 heterocycles. The summed E-state index contributed by atoms with van der Waals surface area (Å²) in [6.07, 6.45) is -4.78. The largest absolute Gasteiger partial charge is 0.573 e. The molecule has 0 N–H and O–H groups in total. The van der Waals surface area contributed by atoms with Crippen molar-refractivity contribution in [2.24, 2.45) is 0 Å². The molecule has 0 aliphatic heterocycles. The SMILES string of the molecule is Cc1c(F)cccc1OC(F)(F)F. The molecule has 0 bridgehead atoms. The third kappa shape index (κ3) is 2.61. The summed E-state index contributed by atoms with van der Waals surface area (Å²) < 4.78 is 51.4. The van der Waals surface area contributed by atoms with E-state index in [0.29, 0.717) is 0 Å². The average molecular weight is 194 g/mol. The molecule has 1 aromatic carbocycles. The predicted octanol–water partition coefficient (Wildman–Crippen LogP) is 3.03. The van der Waals surface area contributed by atoms with Crippen LogP contribution in [0.15, 0.2) is 18.2 Å². The maximum atomic E-state index is 12.7. The summed E-state index contributed by atoms with van der Waals surface area (Å²) in [5.41, 5.74) is -0.153. The van der Waals surface area contributed by atoms with Gasteiger partial charge in [-0.05, 0) is 19.1 Å². The molecule has 0 aliphatic rings. The Labute approximate surface area is 71.9 Å². The van der Waals surface area contributed by atoms with Gasteiger partial charge in [0.25, 0.3) is 0 Å². The number of benzene rings is 1. The van der Waals surface area contributed by atoms with Crippen molar-refractivity contribution in [3.63, 3.8) is 0 Å². The van der Waals surface area contributed by atoms with Crippen molar-refractivity contribution >= 4 is 0 Å². The number of hydrogen-bond acceptors (Lipinski definition) is 1. The Hall–Kier alpha value is -1.26. The minimum absolute atomic E-state index is 0.153. The first-order valence-corrected chi connectivity index (χ1v) is 3.41. The van der Waals surface area contributed by atoms with Gasteiger partial charge in [0.15, 0.2) is 0 Å². The lowest BCUT2D eigenvalue weighted by Gasteiger charge is -2.10. The van der Waals surface area contributed by atoms with E-state index in [4.69, 9.17) is 0 Å². The second kappa shape index (κ2) is 3.24. The number of halogens is 4. The Balaban J connectivity index is 2.96. The van der Waals surface area contributed by atoms with Gasteiger partial charge in [-0.15, -0.1) is 13.2 Å². The zero-order chi connectivity index (χ0) is 10.1. The molecule has 0 saturated heterocycles. The number of ether oxygens (including phenoxy) is 1. The highest BCUT2D eigenvalue weighted by atomic mass is 19.4. The van der Waals surface area contributed by atoms with Crippen LogP contribution < -0.4 is 4.74 Å². The third-order valence-electron chi connectivity index (χ3n) is 1.44. The lowest BCUT2D eigenvalue weighted by molar-refractivity contribution is -0.274. The van der Waals surface area contributed by atoms with Crippen molar-refractivity contribution in [1.29, 1.82) is 0 Å². The second-order valence-corrected chi connectivity index (χ2v) is 2.41. The van der Waals surface area contributed by atoms with Gasteiger partial charge in [-0.2, -0.15) is 0 Å². The first-order chi connectivity index (χ1) is 5.90. The van der Waals surface area contributed by atoms with Crippen LogP contribution in [0.1, 0.15) is 5.56 Å². The minimum atomic E-state index is -4.78. The van der Waals surface area contributed by atoms with Crippen LogP contribution in [-0.4, -0.2) is 6.36 Å². The molecular weight excluding hydrogens is 188 g/mol. The van der Waals surface area contributed by atoms with Crippen molar-refractivity contribution in [3.05, 3.63) is 29.6 Å². The van der Waals surface area contributed by atoms with Gasteiger partial charge in [-0.25, -0.2) is 4.39 Å². The van der Waals surface area contributed by atoms with Crippen molar-refractivity contribution < 1.29 is 22.3 Å². The molecule has 72 valence electrons. The normalized spacial score (nSPS) is 11.5. The quantitative estimate of drug-likeness (QED) is 0.624. The molecule has 0 aliphatic carbocycles. The molecule has 0 aromatic heterocycles. The lowest BCUT2D eigenvalue weighted by atomic mass is 10.2. The van der Waals surface area contributed by atoms with Crippen molar-refractivity contribution in [1.82, 2.24) is 0 Å². The van der Waals surface area contributed by atoms with Crippen molar-refractivity contribution in [2.45, 2.75) is 13.3 Å². The van der Waals surface area contributed by atoms with Crippen molar-refractivity contribution in [2.75, 3.05) is 0 Å². The van der Waals surface area contributed by atoms with E-state index in [1.165, 1.54) is 6.92 Å². The van der Waals surface area contributed by atoms with Crippen LogP contribution in [0.4, 0.5) is 17.6 Å². The van der Waals surface area contributed by atoms with Gasteiger partial charge < -0.3 is 4.74 Å². The first kappa shape index (κ1) is 9.83. The summed E-state index contributed by atoms with van der Waals surface area (Å²) >= 11 is 0. The van der Waals surface area contributed by atoms with E-state index in [-0.39, 0.29) is 5.56 Å². The zero-order valence-electron chi connectivity index (χ0n) is 6.65. The summed E-state index contributed by atoms with van der Waals surface area (Å²) in [4.78, 5) is 0. The first-order valence-electron chi connectivity index (χ1n) is 3.41. The maximum Gasteiger partial charge on any atom is 0.573 e. The second-order valence-electron chi connectivity index (χ2n) is 2.41. The molecule has 5 heteroatoms. The molecular formula is C8H6F4O. The number of rotatable bonds is 1. The fourth-order valence-electron chi connectivity index (χ4n) is 0.823. The van der Waals surface area contributed by atoms with Crippen molar-refractivity contribution in [3.8, 4) is 5.75 Å². The fourth-order valence-corrected chi connectivity index (χ4v) is 0.823. The number of alkyl halides is 3. The van der Waals surface area contributed by atoms with E-state index in [1.807, 2.05) is 0 Å². The highest BCUT2D eigenvalue weighted by Crippen LogP contribution is 2.26. The number of hydrogen-bond donors (Lipinski definition) is 0. The molecule has 0 saturated carbocycles. The molecule has 1 nitrogen and oxygen atoms in total. The summed E-state index contributed by atoms with van der Waals surface area (Å²) in [5.74, 6) is -1.23. The maximum absolute atomic E-state index is 12.7. The molecule has 0 radical (unpaired) electrons. The van der Waals surface area contributed by atoms with Crippen LogP contribution >= 0.6 is 0 Å². The van der Waals surface area contributed by atoms with Gasteiger partial charge in [-0.1, -0.05) is 6.07 Å². The van der Waals surface area contributed by atoms with E-state index in [1.54, 1.807) is 0 Å². The van der Waals surface area contributed by atoms with E-state index in [0.717, 1.165) is 18.2 Å². The monoisotopic (exact) mass is 194 g/mol. The third-order valence-corrected chi connectivity index (χ3v) is 1.44. The van der Waals surface area contributed by atoms with E-state index < -0.39 is 17.9 Å². The molecule has 0 unspecified atom stereocenters. The van der Waals surface area contributed by atoms with Gasteiger partial charge in [0.1, 0.15) is 11.6 Å². The van der Waals surface area contributed by atoms with Crippen LogP contribution in [-0.2, 0) is 0 Å². The van der Waals surface area contributed by atoms with Crippen LogP contribution in [0.25, 0.3) is 0 Å². The van der Waals surface area contributed by atoms with Crippen LogP contribution in [0.3, 0.4) is 0 Å². The van der Waals surface area contributed by atoms with Crippen LogP contribution in [0, 0.1) is 12.7 Å². The summed E-state index contributed by atoms with van der Waals surface area (Å²) in [7, 11) is 0. The molecule has 0 amide bonds. The van der Waals surface area contributed by atoms with Gasteiger partial charge in [0, 0.05) is 5.56 Å². The van der Waals surface area contributed by atoms with E-state index in [2.05, 4.69) is 4.74 Å². The van der Waals surface area contributed by atoms with Crippen LogP contribution in [0.5, 0.6) is 5.75 Å². The summed E-state index contributed by atoms with van der Waals surface area (Å²) in [6.45, 7) is 1.22. The van der Waals surface area contributed by atoms with Gasteiger partial charge >= 0.3 is 6.36 Å². The molecule has 0 atom stereocenters. The van der Waals surface area contributed by atoms with E-state index in [9.17, 15) is 17.6 Å². The fraction of sp³-hybridized carbons (Fsp3) is 0.250. The topological polar surface area (TPSA) is 9.23 Å². The Morgan fingerprint density at radius 2 is 1.85 bits per heavy atom. The predicted molar refractivity (Wildman–Crippen MR) is 37.8 cm³/mol. The van der Waals surface area contributed by atoms with Gasteiger partial charge in [0.2, 0.25) is 0 Å². The Kier molecular flexibility index (Phi) is 2.45. The summed E-state index contributed by atoms with van der Waals surface area (Å²) in [5, 5.41) is 0. The minimum Gasteiger partial charge on any atom is -0.405 e. The van der Waals surface area contributed by atoms with Crippen LogP contribution in [0.2, 0.25) is 0 Å². The average Bonchev–Trinajstić information content (AvgIpc) is 1.96. The van der Waals surface area contributed by atoms with E-state index >= 15 is 0 Å². The smallest absolute Gasteiger partial charge is 0.405 e. The van der Waals surface area contributed by atoms with Gasteiger partial charge in [0.05, 0.1) is 0 Å². The molecule has 1 aromatic rings. The Morgan fingerprint density at radius 3 is 2.38 bits per heavy atom. The molecule has 0 spiro atoms. The zero-order valence-corrected chi connectivity index (χ0v) is 6.65.